The van der Waals surface area contributed by atoms with Gasteiger partial charge in [-0.15, -0.1) is 0 Å². The highest BCUT2D eigenvalue weighted by molar-refractivity contribution is 5.77. The van der Waals surface area contributed by atoms with Gasteiger partial charge >= 0.3 is 0 Å². The van der Waals surface area contributed by atoms with Gasteiger partial charge in [0.25, 0.3) is 0 Å². The Morgan fingerprint density at radius 2 is 2.28 bits per heavy atom. The van der Waals surface area contributed by atoms with E-state index in [0.717, 1.165) is 13.0 Å². The van der Waals surface area contributed by atoms with Gasteiger partial charge in [-0.3, -0.25) is 9.89 Å². The van der Waals surface area contributed by atoms with Gasteiger partial charge in [0.05, 0.1) is 0 Å². The first kappa shape index (κ1) is 17.4. The molecule has 1 aromatic carbocycles. The Bertz CT molecular complexity index is 731. The number of hydrogen-bond donors (Lipinski definition) is 1. The van der Waals surface area contributed by atoms with Crippen LogP contribution in [0.25, 0.3) is 0 Å². The Morgan fingerprint density at radius 3 is 3.04 bits per heavy atom. The van der Waals surface area contributed by atoms with E-state index in [1.165, 1.54) is 12.1 Å². The molecule has 1 saturated heterocycles. The summed E-state index contributed by atoms with van der Waals surface area (Å²) >= 11 is 0. The van der Waals surface area contributed by atoms with E-state index in [-0.39, 0.29) is 24.2 Å². The summed E-state index contributed by atoms with van der Waals surface area (Å²) in [6.45, 7) is 5.81. The fourth-order valence-corrected chi connectivity index (χ4v) is 3.01. The Labute approximate surface area is 146 Å². The molecule has 6 nitrogen and oxygen atoms in total. The van der Waals surface area contributed by atoms with Crippen LogP contribution in [0.1, 0.15) is 44.3 Å². The molecule has 1 N–H and O–H groups in total. The Balaban J connectivity index is 1.60. The number of carbonyl (C=O) groups is 1. The van der Waals surface area contributed by atoms with E-state index in [1.807, 2.05) is 4.90 Å². The summed E-state index contributed by atoms with van der Waals surface area (Å²) in [5.41, 5.74) is 0. The van der Waals surface area contributed by atoms with Crippen LogP contribution in [0, 0.1) is 11.7 Å². The normalized spacial score (nSPS) is 18.0. The van der Waals surface area contributed by atoms with Crippen molar-refractivity contribution < 1.29 is 13.9 Å². The number of benzene rings is 1. The largest absolute Gasteiger partial charge is 0.486 e. The van der Waals surface area contributed by atoms with Crippen molar-refractivity contribution in [3.05, 3.63) is 41.7 Å². The molecule has 0 bridgehead atoms. The lowest BCUT2D eigenvalue weighted by atomic mass is 9.96. The number of H-pyrrole nitrogens is 1. The molecule has 0 aliphatic carbocycles. The molecule has 3 rings (SSSR count). The molecule has 0 spiro atoms. The van der Waals surface area contributed by atoms with Crippen molar-refractivity contribution in [2.24, 2.45) is 5.92 Å². The fraction of sp³-hybridized carbons (Fsp3) is 0.500. The zero-order chi connectivity index (χ0) is 17.8. The number of nitrogens with zero attached hydrogens (tertiary/aromatic N) is 3. The maximum atomic E-state index is 13.2. The third kappa shape index (κ3) is 4.55. The number of aromatic nitrogens is 3. The summed E-state index contributed by atoms with van der Waals surface area (Å²) in [6, 6.07) is 5.98. The minimum atomic E-state index is -0.340. The summed E-state index contributed by atoms with van der Waals surface area (Å²) in [4.78, 5) is 18.4. The van der Waals surface area contributed by atoms with Crippen molar-refractivity contribution >= 4 is 5.91 Å². The van der Waals surface area contributed by atoms with Crippen molar-refractivity contribution in [1.29, 1.82) is 0 Å². The van der Waals surface area contributed by atoms with Gasteiger partial charge in [-0.1, -0.05) is 19.9 Å². The summed E-state index contributed by atoms with van der Waals surface area (Å²) in [6.07, 6.45) is 1.29. The number of halogens is 1. The highest BCUT2D eigenvalue weighted by Crippen LogP contribution is 2.26. The van der Waals surface area contributed by atoms with Crippen molar-refractivity contribution in [3.8, 4) is 5.75 Å². The summed E-state index contributed by atoms with van der Waals surface area (Å²) in [7, 11) is 0. The Morgan fingerprint density at radius 1 is 1.44 bits per heavy atom. The molecule has 1 atom stereocenters. The van der Waals surface area contributed by atoms with Gasteiger partial charge in [0.1, 0.15) is 18.2 Å². The third-order valence-corrected chi connectivity index (χ3v) is 4.17. The first-order valence-corrected chi connectivity index (χ1v) is 8.58. The highest BCUT2D eigenvalue weighted by atomic mass is 19.1. The molecule has 1 amide bonds. The molecule has 1 aliphatic rings. The van der Waals surface area contributed by atoms with Crippen molar-refractivity contribution in [2.45, 2.75) is 39.2 Å². The summed E-state index contributed by atoms with van der Waals surface area (Å²) in [5, 5.41) is 7.15. The second-order valence-corrected chi connectivity index (χ2v) is 6.81. The minimum Gasteiger partial charge on any atom is -0.486 e. The third-order valence-electron chi connectivity index (χ3n) is 4.17. The van der Waals surface area contributed by atoms with Crippen LogP contribution in [0.5, 0.6) is 5.75 Å². The lowest BCUT2D eigenvalue weighted by Gasteiger charge is -2.32. The summed E-state index contributed by atoms with van der Waals surface area (Å²) in [5.74, 6) is 2.18. The predicted molar refractivity (Wildman–Crippen MR) is 90.5 cm³/mol. The smallest absolute Gasteiger partial charge is 0.222 e. The zero-order valence-corrected chi connectivity index (χ0v) is 14.5. The SMILES string of the molecule is CC(C)CN1CC(c2n[nH]c(COc3cccc(F)c3)n2)CCC1=O. The first-order chi connectivity index (χ1) is 12.0. The van der Waals surface area contributed by atoms with E-state index in [2.05, 4.69) is 29.0 Å². The number of amides is 1. The zero-order valence-electron chi connectivity index (χ0n) is 14.5. The second-order valence-electron chi connectivity index (χ2n) is 6.81. The van der Waals surface area contributed by atoms with E-state index in [9.17, 15) is 9.18 Å². The number of carbonyl (C=O) groups excluding carboxylic acids is 1. The van der Waals surface area contributed by atoms with Crippen LogP contribution in [0.2, 0.25) is 0 Å². The van der Waals surface area contributed by atoms with Crippen LogP contribution >= 0.6 is 0 Å². The van der Waals surface area contributed by atoms with Crippen LogP contribution in [0.4, 0.5) is 4.39 Å². The maximum Gasteiger partial charge on any atom is 0.222 e. The molecule has 7 heteroatoms. The maximum absolute atomic E-state index is 13.2. The number of likely N-dealkylation sites (tertiary alicyclic amines) is 1. The quantitative estimate of drug-likeness (QED) is 0.873. The monoisotopic (exact) mass is 346 g/mol. The molecule has 0 saturated carbocycles. The van der Waals surface area contributed by atoms with E-state index in [4.69, 9.17) is 4.74 Å². The number of nitrogens with one attached hydrogen (secondary N) is 1. The van der Waals surface area contributed by atoms with Crippen LogP contribution in [-0.4, -0.2) is 39.1 Å². The fourth-order valence-electron chi connectivity index (χ4n) is 3.01. The first-order valence-electron chi connectivity index (χ1n) is 8.58. The molecule has 2 aromatic rings. The van der Waals surface area contributed by atoms with Crippen LogP contribution in [-0.2, 0) is 11.4 Å². The second kappa shape index (κ2) is 7.63. The van der Waals surface area contributed by atoms with Crippen LogP contribution in [0.15, 0.2) is 24.3 Å². The number of hydrogen-bond acceptors (Lipinski definition) is 4. The van der Waals surface area contributed by atoms with Crippen LogP contribution < -0.4 is 4.74 Å². The number of rotatable bonds is 6. The topological polar surface area (TPSA) is 71.1 Å². The van der Waals surface area contributed by atoms with Gasteiger partial charge in [0, 0.05) is 31.5 Å². The molecular formula is C18H23FN4O2. The predicted octanol–water partition coefficient (Wildman–Crippen LogP) is 2.88. The molecule has 1 aliphatic heterocycles. The molecule has 1 fully saturated rings. The molecule has 1 unspecified atom stereocenters. The Kier molecular flexibility index (Phi) is 5.31. The van der Waals surface area contributed by atoms with E-state index < -0.39 is 0 Å². The van der Waals surface area contributed by atoms with Crippen molar-refractivity contribution in [1.82, 2.24) is 20.1 Å². The standard InChI is InChI=1S/C18H23FN4O2/c1-12(2)9-23-10-13(6-7-17(23)24)18-20-16(21-22-18)11-25-15-5-3-4-14(19)8-15/h3-5,8,12-13H,6-7,9-11H2,1-2H3,(H,20,21,22). The molecular weight excluding hydrogens is 323 g/mol. The lowest BCUT2D eigenvalue weighted by Crippen LogP contribution is -2.41. The minimum absolute atomic E-state index is 0.135. The van der Waals surface area contributed by atoms with Crippen molar-refractivity contribution in [3.63, 3.8) is 0 Å². The average molecular weight is 346 g/mol. The van der Waals surface area contributed by atoms with E-state index >= 15 is 0 Å². The van der Waals surface area contributed by atoms with E-state index in [0.29, 0.717) is 36.3 Å². The van der Waals surface area contributed by atoms with Gasteiger partial charge in [-0.25, -0.2) is 9.37 Å². The molecule has 1 aromatic heterocycles. The number of piperidine rings is 1. The lowest BCUT2D eigenvalue weighted by molar-refractivity contribution is -0.134. The van der Waals surface area contributed by atoms with Gasteiger partial charge < -0.3 is 9.64 Å². The van der Waals surface area contributed by atoms with Gasteiger partial charge in [0.15, 0.2) is 11.6 Å². The highest BCUT2D eigenvalue weighted by Gasteiger charge is 2.29. The van der Waals surface area contributed by atoms with Crippen LogP contribution in [0.3, 0.4) is 0 Å². The molecule has 134 valence electrons. The molecule has 0 radical (unpaired) electrons. The van der Waals surface area contributed by atoms with E-state index in [1.54, 1.807) is 12.1 Å². The van der Waals surface area contributed by atoms with Gasteiger partial charge in [-0.05, 0) is 24.5 Å². The number of aromatic amines is 1. The number of ether oxygens (including phenoxy) is 1. The molecule has 2 heterocycles. The van der Waals surface area contributed by atoms with Gasteiger partial charge in [-0.2, -0.15) is 5.10 Å². The van der Waals surface area contributed by atoms with Crippen molar-refractivity contribution in [2.75, 3.05) is 13.1 Å². The Hall–Kier alpha value is -2.44. The molecule has 25 heavy (non-hydrogen) atoms. The average Bonchev–Trinajstić information content (AvgIpc) is 3.04. The van der Waals surface area contributed by atoms with Gasteiger partial charge in [0.2, 0.25) is 5.91 Å². The summed E-state index contributed by atoms with van der Waals surface area (Å²) < 4.78 is 18.7.